The molecular formula is C11H15N5O4. The normalized spacial score (nSPS) is 18.8. The van der Waals surface area contributed by atoms with Crippen molar-refractivity contribution in [2.24, 2.45) is 11.7 Å². The number of primary amides is 1. The van der Waals surface area contributed by atoms with Crippen molar-refractivity contribution in [3.8, 4) is 0 Å². The summed E-state index contributed by atoms with van der Waals surface area (Å²) in [7, 11) is 0. The molecule has 0 aromatic carbocycles. The fourth-order valence-electron chi connectivity index (χ4n) is 2.15. The molecule has 1 fully saturated rings. The van der Waals surface area contributed by atoms with Crippen LogP contribution in [0.4, 0.5) is 0 Å². The molecule has 0 bridgehead atoms. The van der Waals surface area contributed by atoms with Crippen LogP contribution in [0.2, 0.25) is 0 Å². The molecule has 0 saturated carbocycles. The number of nitrogens with zero attached hydrogens (tertiary/aromatic N) is 4. The molecule has 2 heterocycles. The molecule has 108 valence electrons. The van der Waals surface area contributed by atoms with Gasteiger partial charge in [0.1, 0.15) is 6.54 Å². The van der Waals surface area contributed by atoms with Gasteiger partial charge in [-0.15, -0.1) is 5.10 Å². The predicted molar refractivity (Wildman–Crippen MR) is 65.5 cm³/mol. The second-order valence-corrected chi connectivity index (χ2v) is 4.69. The Morgan fingerprint density at radius 3 is 2.80 bits per heavy atom. The zero-order valence-electron chi connectivity index (χ0n) is 10.7. The maximum absolute atomic E-state index is 12.1. The molecule has 1 atom stereocenters. The van der Waals surface area contributed by atoms with Crippen LogP contribution in [-0.4, -0.2) is 55.9 Å². The summed E-state index contributed by atoms with van der Waals surface area (Å²) in [5.41, 5.74) is 5.03. The van der Waals surface area contributed by atoms with Gasteiger partial charge in [-0.25, -0.2) is 9.48 Å². The van der Waals surface area contributed by atoms with E-state index in [-0.39, 0.29) is 24.1 Å². The molecule has 1 aliphatic rings. The number of amides is 2. The fourth-order valence-corrected chi connectivity index (χ4v) is 2.15. The van der Waals surface area contributed by atoms with Gasteiger partial charge < -0.3 is 15.7 Å². The lowest BCUT2D eigenvalue weighted by molar-refractivity contribution is -0.135. The summed E-state index contributed by atoms with van der Waals surface area (Å²) < 4.78 is 1.17. The third-order valence-corrected chi connectivity index (χ3v) is 3.23. The van der Waals surface area contributed by atoms with Crippen LogP contribution in [0.25, 0.3) is 0 Å². The molecule has 1 aromatic heterocycles. The van der Waals surface area contributed by atoms with Gasteiger partial charge in [0.05, 0.1) is 12.1 Å². The second-order valence-electron chi connectivity index (χ2n) is 4.69. The number of hydrogen-bond donors (Lipinski definition) is 2. The van der Waals surface area contributed by atoms with Crippen molar-refractivity contribution >= 4 is 17.8 Å². The highest BCUT2D eigenvalue weighted by atomic mass is 16.4. The maximum Gasteiger partial charge on any atom is 0.358 e. The van der Waals surface area contributed by atoms with Crippen LogP contribution >= 0.6 is 0 Å². The first-order chi connectivity index (χ1) is 9.47. The first-order valence-corrected chi connectivity index (χ1v) is 6.18. The van der Waals surface area contributed by atoms with Gasteiger partial charge in [-0.05, 0) is 12.8 Å². The monoisotopic (exact) mass is 281 g/mol. The number of piperidine rings is 1. The van der Waals surface area contributed by atoms with E-state index < -0.39 is 11.9 Å². The van der Waals surface area contributed by atoms with Gasteiger partial charge in [0.25, 0.3) is 0 Å². The number of nitrogens with two attached hydrogens (primary N) is 1. The Morgan fingerprint density at radius 2 is 2.20 bits per heavy atom. The van der Waals surface area contributed by atoms with E-state index in [9.17, 15) is 14.4 Å². The van der Waals surface area contributed by atoms with Gasteiger partial charge in [0.2, 0.25) is 11.8 Å². The topological polar surface area (TPSA) is 131 Å². The zero-order valence-corrected chi connectivity index (χ0v) is 10.7. The third kappa shape index (κ3) is 3.11. The van der Waals surface area contributed by atoms with Gasteiger partial charge in [0.15, 0.2) is 5.69 Å². The highest BCUT2D eigenvalue weighted by Gasteiger charge is 2.27. The molecule has 9 heteroatoms. The number of aromatic carboxylic acids is 1. The maximum atomic E-state index is 12.1. The first-order valence-electron chi connectivity index (χ1n) is 6.18. The minimum Gasteiger partial charge on any atom is -0.476 e. The van der Waals surface area contributed by atoms with Gasteiger partial charge in [-0.3, -0.25) is 9.59 Å². The van der Waals surface area contributed by atoms with E-state index in [1.54, 1.807) is 4.90 Å². The van der Waals surface area contributed by atoms with E-state index in [1.807, 2.05) is 0 Å². The smallest absolute Gasteiger partial charge is 0.358 e. The molecule has 1 aliphatic heterocycles. The summed E-state index contributed by atoms with van der Waals surface area (Å²) in [6.07, 6.45) is 2.60. The largest absolute Gasteiger partial charge is 0.476 e. The molecule has 20 heavy (non-hydrogen) atoms. The average molecular weight is 281 g/mol. The molecule has 0 radical (unpaired) electrons. The predicted octanol–water partition coefficient (Wildman–Crippen LogP) is -1.30. The summed E-state index contributed by atoms with van der Waals surface area (Å²) in [4.78, 5) is 35.4. The molecule has 2 rings (SSSR count). The zero-order chi connectivity index (χ0) is 14.7. The van der Waals surface area contributed by atoms with Crippen molar-refractivity contribution in [1.82, 2.24) is 19.9 Å². The summed E-state index contributed by atoms with van der Waals surface area (Å²) in [6.45, 7) is 0.753. The molecule has 1 aromatic rings. The Morgan fingerprint density at radius 1 is 1.45 bits per heavy atom. The summed E-state index contributed by atoms with van der Waals surface area (Å²) in [5, 5.41) is 15.7. The Kier molecular flexibility index (Phi) is 3.97. The standard InChI is InChI=1S/C11H15N5O4/c12-10(18)7-2-1-3-15(4-7)9(17)6-16-5-8(11(19)20)13-14-16/h5,7H,1-4,6H2,(H2,12,18)(H,19,20). The van der Waals surface area contributed by atoms with E-state index in [0.29, 0.717) is 19.5 Å². The Balaban J connectivity index is 1.96. The van der Waals surface area contributed by atoms with Crippen molar-refractivity contribution < 1.29 is 19.5 Å². The number of hydrogen-bond acceptors (Lipinski definition) is 5. The van der Waals surface area contributed by atoms with Crippen LogP contribution < -0.4 is 5.73 Å². The number of likely N-dealkylation sites (tertiary alicyclic amines) is 1. The molecule has 1 saturated heterocycles. The fraction of sp³-hybridized carbons (Fsp3) is 0.545. The van der Waals surface area contributed by atoms with Crippen molar-refractivity contribution in [2.45, 2.75) is 19.4 Å². The number of carboxylic acid groups (broad SMARTS) is 1. The van der Waals surface area contributed by atoms with Crippen LogP contribution in [0.5, 0.6) is 0 Å². The molecule has 0 aliphatic carbocycles. The summed E-state index contributed by atoms with van der Waals surface area (Å²) in [6, 6.07) is 0. The summed E-state index contributed by atoms with van der Waals surface area (Å²) >= 11 is 0. The second kappa shape index (κ2) is 5.68. The number of carbonyl (C=O) groups excluding carboxylic acids is 2. The lowest BCUT2D eigenvalue weighted by Gasteiger charge is -2.31. The quantitative estimate of drug-likeness (QED) is 0.705. The van der Waals surface area contributed by atoms with Crippen molar-refractivity contribution in [3.63, 3.8) is 0 Å². The molecule has 3 N–H and O–H groups in total. The number of carboxylic acids is 1. The minimum atomic E-state index is -1.20. The Labute approximate surface area is 114 Å². The van der Waals surface area contributed by atoms with E-state index in [4.69, 9.17) is 10.8 Å². The minimum absolute atomic E-state index is 0.105. The van der Waals surface area contributed by atoms with Crippen molar-refractivity contribution in [3.05, 3.63) is 11.9 Å². The Hall–Kier alpha value is -2.45. The first kappa shape index (κ1) is 14.0. The highest BCUT2D eigenvalue weighted by Crippen LogP contribution is 2.16. The van der Waals surface area contributed by atoms with Crippen LogP contribution in [0.15, 0.2) is 6.20 Å². The van der Waals surface area contributed by atoms with E-state index in [1.165, 1.54) is 10.9 Å². The van der Waals surface area contributed by atoms with Gasteiger partial charge in [0, 0.05) is 13.1 Å². The molecule has 2 amide bonds. The number of aromatic nitrogens is 3. The SMILES string of the molecule is NC(=O)C1CCCN(C(=O)Cn2cc(C(=O)O)nn2)C1. The average Bonchev–Trinajstić information content (AvgIpc) is 2.87. The lowest BCUT2D eigenvalue weighted by Crippen LogP contribution is -2.45. The lowest BCUT2D eigenvalue weighted by atomic mass is 9.97. The molecular weight excluding hydrogens is 266 g/mol. The molecule has 1 unspecified atom stereocenters. The molecule has 9 nitrogen and oxygen atoms in total. The van der Waals surface area contributed by atoms with Crippen LogP contribution in [0, 0.1) is 5.92 Å². The van der Waals surface area contributed by atoms with E-state index in [2.05, 4.69) is 10.3 Å². The highest BCUT2D eigenvalue weighted by molar-refractivity contribution is 5.85. The van der Waals surface area contributed by atoms with Gasteiger partial charge in [-0.1, -0.05) is 5.21 Å². The van der Waals surface area contributed by atoms with E-state index >= 15 is 0 Å². The van der Waals surface area contributed by atoms with E-state index in [0.717, 1.165) is 6.42 Å². The number of carbonyl (C=O) groups is 3. The van der Waals surface area contributed by atoms with Gasteiger partial charge in [-0.2, -0.15) is 0 Å². The Bertz CT molecular complexity index is 541. The molecule has 0 spiro atoms. The third-order valence-electron chi connectivity index (χ3n) is 3.23. The van der Waals surface area contributed by atoms with Gasteiger partial charge >= 0.3 is 5.97 Å². The van der Waals surface area contributed by atoms with Crippen molar-refractivity contribution in [2.75, 3.05) is 13.1 Å². The van der Waals surface area contributed by atoms with Crippen molar-refractivity contribution in [1.29, 1.82) is 0 Å². The van der Waals surface area contributed by atoms with Crippen LogP contribution in [0.1, 0.15) is 23.3 Å². The summed E-state index contributed by atoms with van der Waals surface area (Å²) in [5.74, 6) is -2.16. The van der Waals surface area contributed by atoms with Crippen LogP contribution in [-0.2, 0) is 16.1 Å². The number of rotatable bonds is 4. The van der Waals surface area contributed by atoms with Crippen LogP contribution in [0.3, 0.4) is 0 Å².